The van der Waals surface area contributed by atoms with E-state index < -0.39 is 22.6 Å². The maximum absolute atomic E-state index is 13.0. The topological polar surface area (TPSA) is 60.4 Å². The molecular formula is C17H20O4. The van der Waals surface area contributed by atoms with Crippen LogP contribution in [-0.2, 0) is 19.1 Å². The maximum atomic E-state index is 13.0. The highest BCUT2D eigenvalue weighted by Gasteiger charge is 2.61. The van der Waals surface area contributed by atoms with Crippen LogP contribution in [0.3, 0.4) is 0 Å². The molecule has 0 spiro atoms. The first-order valence-corrected chi connectivity index (χ1v) is 6.91. The Bertz CT molecular complexity index is 610. The number of ether oxygens (including phenoxy) is 1. The lowest BCUT2D eigenvalue weighted by molar-refractivity contribution is -0.149. The van der Waals surface area contributed by atoms with Crippen molar-refractivity contribution in [1.82, 2.24) is 0 Å². The van der Waals surface area contributed by atoms with Gasteiger partial charge in [-0.25, -0.2) is 4.79 Å². The molecule has 4 heteroatoms. The molecule has 0 aliphatic heterocycles. The lowest BCUT2D eigenvalue weighted by atomic mass is 9.50. The first-order valence-electron chi connectivity index (χ1n) is 6.91. The fourth-order valence-corrected chi connectivity index (χ4v) is 3.76. The van der Waals surface area contributed by atoms with Crippen molar-refractivity contribution in [1.29, 1.82) is 0 Å². The molecule has 0 aromatic carbocycles. The molecule has 2 atom stereocenters. The number of Topliss-reactive ketones (excluding diaryl/α,β-unsaturated/α-hetero) is 2. The minimum atomic E-state index is -1.22. The van der Waals surface area contributed by atoms with Gasteiger partial charge in [-0.2, -0.15) is 0 Å². The van der Waals surface area contributed by atoms with E-state index in [9.17, 15) is 14.4 Å². The summed E-state index contributed by atoms with van der Waals surface area (Å²) in [7, 11) is 1.24. The molecule has 112 valence electrons. The highest BCUT2D eigenvalue weighted by molar-refractivity contribution is 6.30. The van der Waals surface area contributed by atoms with E-state index in [1.54, 1.807) is 19.9 Å². The van der Waals surface area contributed by atoms with Gasteiger partial charge in [0.25, 0.3) is 0 Å². The zero-order chi connectivity index (χ0) is 16.0. The lowest BCUT2D eigenvalue weighted by Gasteiger charge is -2.49. The molecule has 0 heterocycles. The normalized spacial score (nSPS) is 32.2. The van der Waals surface area contributed by atoms with Crippen LogP contribution >= 0.6 is 0 Å². The van der Waals surface area contributed by atoms with E-state index in [1.165, 1.54) is 7.11 Å². The number of allylic oxidation sites excluding steroid dienone is 3. The molecule has 2 bridgehead atoms. The summed E-state index contributed by atoms with van der Waals surface area (Å²) >= 11 is 0. The monoisotopic (exact) mass is 288 g/mol. The van der Waals surface area contributed by atoms with Crippen LogP contribution in [0.15, 0.2) is 36.0 Å². The Kier molecular flexibility index (Phi) is 3.52. The van der Waals surface area contributed by atoms with Crippen molar-refractivity contribution in [2.24, 2.45) is 10.8 Å². The van der Waals surface area contributed by atoms with Crippen molar-refractivity contribution in [3.8, 4) is 0 Å². The predicted octanol–water partition coefficient (Wildman–Crippen LogP) is 2.55. The van der Waals surface area contributed by atoms with Gasteiger partial charge in [-0.05, 0) is 38.7 Å². The molecular weight excluding hydrogens is 268 g/mol. The number of fused-ring (bicyclic) bond motifs is 2. The zero-order valence-electron chi connectivity index (χ0n) is 12.7. The van der Waals surface area contributed by atoms with Crippen LogP contribution in [0.4, 0.5) is 0 Å². The smallest absolute Gasteiger partial charge is 0.341 e. The van der Waals surface area contributed by atoms with Gasteiger partial charge in [-0.3, -0.25) is 9.59 Å². The summed E-state index contributed by atoms with van der Waals surface area (Å²) in [4.78, 5) is 37.7. The summed E-state index contributed by atoms with van der Waals surface area (Å²) in [5, 5.41) is 0. The summed E-state index contributed by atoms with van der Waals surface area (Å²) < 4.78 is 4.75. The van der Waals surface area contributed by atoms with Gasteiger partial charge in [0.15, 0.2) is 11.6 Å². The summed E-state index contributed by atoms with van der Waals surface area (Å²) in [6.07, 6.45) is 2.79. The van der Waals surface area contributed by atoms with Crippen LogP contribution < -0.4 is 0 Å². The Morgan fingerprint density at radius 2 is 2.00 bits per heavy atom. The van der Waals surface area contributed by atoms with Gasteiger partial charge in [0.05, 0.1) is 17.9 Å². The molecule has 0 saturated heterocycles. The second-order valence-electron chi connectivity index (χ2n) is 6.16. The molecule has 2 aliphatic rings. The van der Waals surface area contributed by atoms with Gasteiger partial charge in [-0.15, -0.1) is 6.58 Å². The molecule has 1 fully saturated rings. The Morgan fingerprint density at radius 3 is 2.52 bits per heavy atom. The van der Waals surface area contributed by atoms with Gasteiger partial charge in [0, 0.05) is 0 Å². The number of hydrogen-bond donors (Lipinski definition) is 0. The van der Waals surface area contributed by atoms with E-state index in [0.29, 0.717) is 18.4 Å². The molecule has 0 unspecified atom stereocenters. The molecule has 21 heavy (non-hydrogen) atoms. The molecule has 0 radical (unpaired) electrons. The Labute approximate surface area is 124 Å². The van der Waals surface area contributed by atoms with E-state index in [0.717, 1.165) is 5.57 Å². The van der Waals surface area contributed by atoms with Gasteiger partial charge in [0.1, 0.15) is 5.57 Å². The first kappa shape index (κ1) is 15.4. The minimum absolute atomic E-state index is 0.0222. The number of carbonyl (C=O) groups excluding carboxylic acids is 3. The van der Waals surface area contributed by atoms with Crippen LogP contribution in [0.1, 0.15) is 33.1 Å². The highest BCUT2D eigenvalue weighted by Crippen LogP contribution is 2.56. The standard InChI is InChI=1S/C17H20O4/c1-6-7-17-9-10(2)8-16(4,15(17)20)13(18)12(11(17)3)14(19)21-5/h6H,1-2,7-9H2,3-5H3/t16-,17+/m1/s1. The van der Waals surface area contributed by atoms with Crippen molar-refractivity contribution in [2.75, 3.05) is 7.11 Å². The largest absolute Gasteiger partial charge is 0.465 e. The highest BCUT2D eigenvalue weighted by atomic mass is 16.5. The number of esters is 1. The first-order chi connectivity index (χ1) is 9.74. The van der Waals surface area contributed by atoms with Crippen LogP contribution in [0.5, 0.6) is 0 Å². The van der Waals surface area contributed by atoms with E-state index in [1.807, 2.05) is 0 Å². The number of ketones is 2. The molecule has 0 amide bonds. The third kappa shape index (κ3) is 1.85. The fourth-order valence-electron chi connectivity index (χ4n) is 3.76. The Balaban J connectivity index is 2.80. The summed E-state index contributed by atoms with van der Waals surface area (Å²) in [5.74, 6) is -1.24. The van der Waals surface area contributed by atoms with Crippen LogP contribution in [0, 0.1) is 10.8 Å². The van der Waals surface area contributed by atoms with E-state index in [-0.39, 0.29) is 17.8 Å². The molecule has 2 aliphatic carbocycles. The van der Waals surface area contributed by atoms with E-state index in [4.69, 9.17) is 4.74 Å². The Hall–Kier alpha value is -1.97. The second kappa shape index (κ2) is 4.79. The van der Waals surface area contributed by atoms with Gasteiger partial charge < -0.3 is 4.74 Å². The second-order valence-corrected chi connectivity index (χ2v) is 6.16. The van der Waals surface area contributed by atoms with Crippen molar-refractivity contribution in [3.63, 3.8) is 0 Å². The predicted molar refractivity (Wildman–Crippen MR) is 78.5 cm³/mol. The third-order valence-corrected chi connectivity index (χ3v) is 4.79. The van der Waals surface area contributed by atoms with E-state index in [2.05, 4.69) is 13.2 Å². The number of carbonyl (C=O) groups is 3. The molecule has 0 aromatic rings. The van der Waals surface area contributed by atoms with Crippen LogP contribution in [-0.4, -0.2) is 24.6 Å². The maximum Gasteiger partial charge on any atom is 0.341 e. The van der Waals surface area contributed by atoms with Crippen molar-refractivity contribution >= 4 is 17.5 Å². The van der Waals surface area contributed by atoms with Gasteiger partial charge in [0.2, 0.25) is 0 Å². The lowest BCUT2D eigenvalue weighted by Crippen LogP contribution is -2.56. The summed E-state index contributed by atoms with van der Waals surface area (Å²) in [5.41, 5.74) is -0.739. The molecule has 0 N–H and O–H groups in total. The average Bonchev–Trinajstić information content (AvgIpc) is 2.42. The van der Waals surface area contributed by atoms with E-state index >= 15 is 0 Å². The van der Waals surface area contributed by atoms with Crippen molar-refractivity contribution in [3.05, 3.63) is 36.0 Å². The fraction of sp³-hybridized carbons (Fsp3) is 0.471. The van der Waals surface area contributed by atoms with Crippen molar-refractivity contribution < 1.29 is 19.1 Å². The minimum Gasteiger partial charge on any atom is -0.465 e. The molecule has 0 aromatic heterocycles. The van der Waals surface area contributed by atoms with Gasteiger partial charge >= 0.3 is 5.97 Å². The molecule has 1 saturated carbocycles. The summed E-state index contributed by atoms with van der Waals surface area (Å²) in [6.45, 7) is 11.0. The molecule has 4 nitrogen and oxygen atoms in total. The number of hydrogen-bond acceptors (Lipinski definition) is 4. The van der Waals surface area contributed by atoms with Crippen molar-refractivity contribution in [2.45, 2.75) is 33.1 Å². The number of methoxy groups -OCH3 is 1. The zero-order valence-corrected chi connectivity index (χ0v) is 12.7. The quantitative estimate of drug-likeness (QED) is 0.346. The molecule has 2 rings (SSSR count). The average molecular weight is 288 g/mol. The summed E-state index contributed by atoms with van der Waals surface area (Å²) in [6, 6.07) is 0. The number of rotatable bonds is 3. The third-order valence-electron chi connectivity index (χ3n) is 4.79. The SMILES string of the molecule is C=CC[C@]12CC(=C)C[C@](C)(C(=O)C(C(=O)OC)=C1C)C2=O. The van der Waals surface area contributed by atoms with Crippen LogP contribution in [0.2, 0.25) is 0 Å². The van der Waals surface area contributed by atoms with Crippen LogP contribution in [0.25, 0.3) is 0 Å². The van der Waals surface area contributed by atoms with Gasteiger partial charge in [-0.1, -0.05) is 18.2 Å². The Morgan fingerprint density at radius 1 is 1.38 bits per heavy atom.